The molecule has 110 valence electrons. The summed E-state index contributed by atoms with van der Waals surface area (Å²) >= 11 is 0. The molecule has 0 fully saturated rings. The Morgan fingerprint density at radius 1 is 1.16 bits per heavy atom. The molecule has 0 spiro atoms. The van der Waals surface area contributed by atoms with Crippen molar-refractivity contribution in [3.8, 4) is 0 Å². The van der Waals surface area contributed by atoms with E-state index in [1.54, 1.807) is 0 Å². The molecule has 0 rings (SSSR count). The zero-order chi connectivity index (χ0) is 14.8. The van der Waals surface area contributed by atoms with Gasteiger partial charge in [-0.05, 0) is 51.0 Å². The smallest absolute Gasteiger partial charge is 0.302 e. The maximum atomic E-state index is 10.7. The van der Waals surface area contributed by atoms with Gasteiger partial charge >= 0.3 is 5.97 Å². The average Bonchev–Trinajstić information content (AvgIpc) is 2.27. The third-order valence-corrected chi connectivity index (χ3v) is 3.39. The predicted molar refractivity (Wildman–Crippen MR) is 82.0 cm³/mol. The number of allylic oxidation sites excluding steroid dienone is 2. The van der Waals surface area contributed by atoms with Crippen LogP contribution in [-0.4, -0.2) is 12.6 Å². The van der Waals surface area contributed by atoms with Crippen LogP contribution in [0.25, 0.3) is 0 Å². The van der Waals surface area contributed by atoms with E-state index in [2.05, 4.69) is 34.3 Å². The number of esters is 1. The summed E-state index contributed by atoms with van der Waals surface area (Å²) in [6, 6.07) is 0. The first-order valence-electron chi connectivity index (χ1n) is 7.27. The topological polar surface area (TPSA) is 26.3 Å². The van der Waals surface area contributed by atoms with Crippen molar-refractivity contribution in [3.05, 3.63) is 23.8 Å². The third-order valence-electron chi connectivity index (χ3n) is 3.39. The number of rotatable bonds is 9. The predicted octanol–water partition coefficient (Wildman–Crippen LogP) is 4.90. The highest BCUT2D eigenvalue weighted by Gasteiger charge is 2.10. The van der Waals surface area contributed by atoms with E-state index >= 15 is 0 Å². The molecule has 0 N–H and O–H groups in total. The molecule has 0 aromatic carbocycles. The lowest BCUT2D eigenvalue weighted by Crippen LogP contribution is -2.04. The Balaban J connectivity index is 4.09. The zero-order valence-corrected chi connectivity index (χ0v) is 13.3. The van der Waals surface area contributed by atoms with Crippen LogP contribution >= 0.6 is 0 Å². The van der Waals surface area contributed by atoms with E-state index in [1.165, 1.54) is 30.9 Å². The zero-order valence-electron chi connectivity index (χ0n) is 13.3. The molecular weight excluding hydrogens is 236 g/mol. The van der Waals surface area contributed by atoms with E-state index in [0.29, 0.717) is 12.5 Å². The second-order valence-corrected chi connectivity index (χ2v) is 5.91. The number of hydrogen-bond acceptors (Lipinski definition) is 2. The van der Waals surface area contributed by atoms with Gasteiger partial charge in [0.15, 0.2) is 0 Å². The number of ether oxygens (including phenoxy) is 1. The SMILES string of the molecule is C=C(C)C(CC/C(C)=C/COC(C)=O)CCC(C)C. The van der Waals surface area contributed by atoms with E-state index in [4.69, 9.17) is 4.74 Å². The first kappa shape index (κ1) is 17.9. The maximum absolute atomic E-state index is 10.7. The van der Waals surface area contributed by atoms with E-state index in [0.717, 1.165) is 18.8 Å². The molecule has 0 aliphatic heterocycles. The number of carbonyl (C=O) groups is 1. The van der Waals surface area contributed by atoms with E-state index in [9.17, 15) is 4.79 Å². The van der Waals surface area contributed by atoms with Crippen molar-refractivity contribution in [3.63, 3.8) is 0 Å². The Morgan fingerprint density at radius 3 is 2.26 bits per heavy atom. The molecule has 1 atom stereocenters. The molecule has 2 nitrogen and oxygen atoms in total. The van der Waals surface area contributed by atoms with Crippen molar-refractivity contribution < 1.29 is 9.53 Å². The van der Waals surface area contributed by atoms with Crippen molar-refractivity contribution in [1.29, 1.82) is 0 Å². The standard InChI is InChI=1S/C17H30O2/c1-13(2)7-9-17(14(3)4)10-8-15(5)11-12-19-16(6)18/h11,13,17H,3,7-10,12H2,1-2,4-6H3/b15-11+. The minimum Gasteiger partial charge on any atom is -0.462 e. The molecule has 0 saturated heterocycles. The van der Waals surface area contributed by atoms with Gasteiger partial charge in [-0.1, -0.05) is 38.0 Å². The fourth-order valence-electron chi connectivity index (χ4n) is 1.98. The van der Waals surface area contributed by atoms with Crippen molar-refractivity contribution in [2.75, 3.05) is 6.61 Å². The summed E-state index contributed by atoms with van der Waals surface area (Å²) in [6.45, 7) is 14.7. The Bertz CT molecular complexity index is 313. The molecule has 19 heavy (non-hydrogen) atoms. The van der Waals surface area contributed by atoms with Crippen molar-refractivity contribution >= 4 is 5.97 Å². The maximum Gasteiger partial charge on any atom is 0.302 e. The quantitative estimate of drug-likeness (QED) is 0.438. The third kappa shape index (κ3) is 10.5. The van der Waals surface area contributed by atoms with E-state index in [1.807, 2.05) is 6.08 Å². The summed E-state index contributed by atoms with van der Waals surface area (Å²) in [5.74, 6) is 1.14. The normalized spacial score (nSPS) is 13.5. The minimum atomic E-state index is -0.221. The molecule has 0 aliphatic rings. The van der Waals surface area contributed by atoms with Gasteiger partial charge in [-0.2, -0.15) is 0 Å². The molecule has 1 unspecified atom stereocenters. The van der Waals surface area contributed by atoms with Crippen molar-refractivity contribution in [2.45, 2.75) is 60.3 Å². The summed E-state index contributed by atoms with van der Waals surface area (Å²) in [6.07, 6.45) is 6.68. The van der Waals surface area contributed by atoms with Gasteiger partial charge in [0, 0.05) is 6.92 Å². The first-order valence-corrected chi connectivity index (χ1v) is 7.27. The second kappa shape index (κ2) is 9.82. The van der Waals surface area contributed by atoms with Crippen LogP contribution in [0.15, 0.2) is 23.8 Å². The van der Waals surface area contributed by atoms with Crippen LogP contribution in [0.2, 0.25) is 0 Å². The average molecular weight is 266 g/mol. The summed E-state index contributed by atoms with van der Waals surface area (Å²) < 4.78 is 4.91. The lowest BCUT2D eigenvalue weighted by atomic mass is 9.88. The summed E-state index contributed by atoms with van der Waals surface area (Å²) in [5.41, 5.74) is 2.57. The van der Waals surface area contributed by atoms with Crippen LogP contribution in [0.5, 0.6) is 0 Å². The fourth-order valence-corrected chi connectivity index (χ4v) is 1.98. The first-order chi connectivity index (χ1) is 8.82. The molecule has 0 aliphatic carbocycles. The van der Waals surface area contributed by atoms with Gasteiger partial charge in [-0.3, -0.25) is 4.79 Å². The van der Waals surface area contributed by atoms with E-state index in [-0.39, 0.29) is 5.97 Å². The lowest BCUT2D eigenvalue weighted by molar-refractivity contribution is -0.139. The molecular formula is C17H30O2. The lowest BCUT2D eigenvalue weighted by Gasteiger charge is -2.18. The molecule has 0 saturated carbocycles. The van der Waals surface area contributed by atoms with Gasteiger partial charge in [0.25, 0.3) is 0 Å². The number of carbonyl (C=O) groups excluding carboxylic acids is 1. The van der Waals surface area contributed by atoms with Crippen LogP contribution in [0, 0.1) is 11.8 Å². The van der Waals surface area contributed by atoms with Crippen LogP contribution in [-0.2, 0) is 9.53 Å². The largest absolute Gasteiger partial charge is 0.462 e. The van der Waals surface area contributed by atoms with Crippen LogP contribution < -0.4 is 0 Å². The van der Waals surface area contributed by atoms with Crippen molar-refractivity contribution in [2.24, 2.45) is 11.8 Å². The van der Waals surface area contributed by atoms with Gasteiger partial charge in [0.2, 0.25) is 0 Å². The summed E-state index contributed by atoms with van der Waals surface area (Å²) in [5, 5.41) is 0. The highest BCUT2D eigenvalue weighted by Crippen LogP contribution is 2.25. The molecule has 0 aromatic heterocycles. The fraction of sp³-hybridized carbons (Fsp3) is 0.706. The minimum absolute atomic E-state index is 0.221. The molecule has 0 amide bonds. The van der Waals surface area contributed by atoms with Gasteiger partial charge in [-0.25, -0.2) is 0 Å². The number of hydrogen-bond donors (Lipinski definition) is 0. The van der Waals surface area contributed by atoms with Crippen LogP contribution in [0.4, 0.5) is 0 Å². The van der Waals surface area contributed by atoms with Crippen LogP contribution in [0.1, 0.15) is 60.3 Å². The van der Waals surface area contributed by atoms with E-state index < -0.39 is 0 Å². The Morgan fingerprint density at radius 2 is 1.79 bits per heavy atom. The second-order valence-electron chi connectivity index (χ2n) is 5.91. The van der Waals surface area contributed by atoms with Gasteiger partial charge in [0.05, 0.1) is 0 Å². The highest BCUT2D eigenvalue weighted by molar-refractivity contribution is 5.66. The van der Waals surface area contributed by atoms with Gasteiger partial charge < -0.3 is 4.74 Å². The Kier molecular flexibility index (Phi) is 9.28. The Labute approximate surface area is 118 Å². The van der Waals surface area contributed by atoms with Gasteiger partial charge in [0.1, 0.15) is 6.61 Å². The molecule has 0 radical (unpaired) electrons. The molecule has 2 heteroatoms. The summed E-state index contributed by atoms with van der Waals surface area (Å²) in [7, 11) is 0. The molecule has 0 aromatic rings. The Hall–Kier alpha value is -1.05. The molecule has 0 bridgehead atoms. The van der Waals surface area contributed by atoms with Gasteiger partial charge in [-0.15, -0.1) is 0 Å². The monoisotopic (exact) mass is 266 g/mol. The molecule has 0 heterocycles. The summed E-state index contributed by atoms with van der Waals surface area (Å²) in [4.78, 5) is 10.7. The highest BCUT2D eigenvalue weighted by atomic mass is 16.5. The van der Waals surface area contributed by atoms with Crippen LogP contribution in [0.3, 0.4) is 0 Å². The van der Waals surface area contributed by atoms with Crippen molar-refractivity contribution in [1.82, 2.24) is 0 Å².